The number of nitrogen functional groups attached to an aromatic ring is 1. The van der Waals surface area contributed by atoms with Crippen LogP contribution in [0.1, 0.15) is 50.9 Å². The number of aromatic nitrogens is 4. The number of benzene rings is 2. The Morgan fingerprint density at radius 3 is 1.59 bits per heavy atom. The van der Waals surface area contributed by atoms with Gasteiger partial charge in [-0.15, -0.1) is 0 Å². The van der Waals surface area contributed by atoms with Crippen LogP contribution in [0.3, 0.4) is 0 Å². The van der Waals surface area contributed by atoms with E-state index in [1.165, 1.54) is 30.1 Å². The average molecular weight is 856 g/mol. The molecule has 0 aliphatic heterocycles. The third-order valence-electron chi connectivity index (χ3n) is 6.48. The normalized spacial score (nSPS) is 12.0. The Labute approximate surface area is 315 Å². The smallest absolute Gasteiger partial charge is 0.418 e. The number of urea groups is 1. The van der Waals surface area contributed by atoms with E-state index in [2.05, 4.69) is 14.9 Å². The SMILES string of the molecule is CC(C)n1ccc(S(N)(=O)=O)n1.COc1cc(Cl)cc(C(F)(F)F)c1N.COc1cc(Cl)cc(C(F)(F)F)c1NC(=O)NS(=O)(=O)c1ccn(C(C)C)n1. The number of carbonyl (C=O) groups is 1. The zero-order valence-corrected chi connectivity index (χ0v) is 32.1. The first-order chi connectivity index (χ1) is 24.6. The molecule has 54 heavy (non-hydrogen) atoms. The van der Waals surface area contributed by atoms with E-state index in [9.17, 15) is 48.0 Å². The summed E-state index contributed by atoms with van der Waals surface area (Å²) >= 11 is 11.1. The van der Waals surface area contributed by atoms with Gasteiger partial charge in [0.05, 0.1) is 36.7 Å². The van der Waals surface area contributed by atoms with E-state index >= 15 is 0 Å². The standard InChI is InChI=1S/C15H16ClF3N4O4S.C8H7ClF3NO.C6H11N3O2S/c1-8(2)23-5-4-12(21-23)28(25,26)22-14(24)20-13-10(15(17,18)19)6-9(16)7-11(13)27-3;1-14-6-3-4(9)2-5(7(6)13)8(10,11)12;1-5(2)9-4-3-6(8-9)12(7,10)11/h4-8H,1-3H3,(H2,20,22,24);2-3H,13H2,1H3;3-5H,1-2H3,(H2,7,10,11). The van der Waals surface area contributed by atoms with Crippen molar-refractivity contribution in [2.75, 3.05) is 25.3 Å². The predicted octanol–water partition coefficient (Wildman–Crippen LogP) is 6.72. The summed E-state index contributed by atoms with van der Waals surface area (Å²) in [5.74, 6) is -0.471. The Bertz CT molecular complexity index is 2160. The molecule has 2 aromatic carbocycles. The van der Waals surface area contributed by atoms with Crippen LogP contribution in [0.2, 0.25) is 10.0 Å². The second-order valence-electron chi connectivity index (χ2n) is 11.2. The van der Waals surface area contributed by atoms with Crippen LogP contribution in [0.25, 0.3) is 0 Å². The fourth-order valence-electron chi connectivity index (χ4n) is 3.92. The minimum absolute atomic E-state index is 0.0663. The number of hydrogen-bond acceptors (Lipinski definition) is 10. The maximum atomic E-state index is 13.3. The summed E-state index contributed by atoms with van der Waals surface area (Å²) in [4.78, 5) is 12.1. The van der Waals surface area contributed by atoms with Crippen molar-refractivity contribution in [3.63, 3.8) is 0 Å². The Kier molecular flexibility index (Phi) is 15.1. The van der Waals surface area contributed by atoms with Crippen molar-refractivity contribution in [1.82, 2.24) is 24.3 Å². The van der Waals surface area contributed by atoms with E-state index in [1.54, 1.807) is 29.4 Å². The van der Waals surface area contributed by atoms with E-state index in [4.69, 9.17) is 38.8 Å². The molecule has 300 valence electrons. The Hall–Kier alpha value is -4.45. The summed E-state index contributed by atoms with van der Waals surface area (Å²) in [6, 6.07) is 4.74. The lowest BCUT2D eigenvalue weighted by molar-refractivity contribution is -0.137. The molecule has 0 bridgehead atoms. The zero-order valence-electron chi connectivity index (χ0n) is 28.9. The van der Waals surface area contributed by atoms with Gasteiger partial charge in [-0.2, -0.15) is 45.0 Å². The minimum atomic E-state index is -4.88. The Morgan fingerprint density at radius 2 is 1.20 bits per heavy atom. The molecule has 0 aliphatic carbocycles. The van der Waals surface area contributed by atoms with Crippen molar-refractivity contribution in [2.45, 2.75) is 62.2 Å². The molecular formula is C29H34Cl2F6N8O7S2. The van der Waals surface area contributed by atoms with Crippen molar-refractivity contribution in [3.8, 4) is 11.5 Å². The van der Waals surface area contributed by atoms with E-state index < -0.39 is 71.7 Å². The molecule has 0 unspecified atom stereocenters. The summed E-state index contributed by atoms with van der Waals surface area (Å²) < 4.78 is 137. The molecule has 0 saturated heterocycles. The van der Waals surface area contributed by atoms with E-state index in [0.717, 1.165) is 25.3 Å². The van der Waals surface area contributed by atoms with Crippen molar-refractivity contribution in [1.29, 1.82) is 0 Å². The number of halogens is 8. The van der Waals surface area contributed by atoms with Gasteiger partial charge in [-0.1, -0.05) is 23.2 Å². The van der Waals surface area contributed by atoms with Gasteiger partial charge in [0.25, 0.3) is 20.0 Å². The third-order valence-corrected chi connectivity index (χ3v) is 8.94. The van der Waals surface area contributed by atoms with Crippen molar-refractivity contribution in [3.05, 3.63) is 70.0 Å². The van der Waals surface area contributed by atoms with E-state index in [0.29, 0.717) is 6.07 Å². The molecule has 2 aromatic heterocycles. The van der Waals surface area contributed by atoms with Gasteiger partial charge in [0.1, 0.15) is 11.5 Å². The number of ether oxygens (including phenoxy) is 2. The number of methoxy groups -OCH3 is 2. The number of carbonyl (C=O) groups excluding carboxylic acids is 1. The summed E-state index contributed by atoms with van der Waals surface area (Å²) in [6.45, 7) is 7.32. The largest absolute Gasteiger partial charge is 0.495 e. The molecule has 6 N–H and O–H groups in total. The van der Waals surface area contributed by atoms with Crippen LogP contribution < -0.4 is 30.4 Å². The number of anilines is 2. The summed E-state index contributed by atoms with van der Waals surface area (Å²) in [5, 5.41) is 13.4. The molecule has 0 saturated carbocycles. The van der Waals surface area contributed by atoms with Gasteiger partial charge in [0, 0.05) is 46.7 Å². The van der Waals surface area contributed by atoms with Crippen LogP contribution in [0, 0.1) is 0 Å². The Morgan fingerprint density at radius 1 is 0.778 bits per heavy atom. The van der Waals surface area contributed by atoms with Gasteiger partial charge < -0.3 is 20.5 Å². The first kappa shape index (κ1) is 45.7. The number of nitrogens with two attached hydrogens (primary N) is 2. The average Bonchev–Trinajstić information content (AvgIpc) is 3.74. The fraction of sp³-hybridized carbons (Fsp3) is 0.345. The molecule has 4 rings (SSSR count). The summed E-state index contributed by atoms with van der Waals surface area (Å²) in [6.07, 6.45) is -6.43. The van der Waals surface area contributed by atoms with Crippen LogP contribution >= 0.6 is 23.2 Å². The number of nitrogens with one attached hydrogen (secondary N) is 2. The van der Waals surface area contributed by atoms with Crippen LogP contribution in [0.5, 0.6) is 11.5 Å². The van der Waals surface area contributed by atoms with E-state index in [1.807, 2.05) is 19.2 Å². The number of nitrogens with zero attached hydrogens (tertiary/aromatic N) is 4. The zero-order chi connectivity index (χ0) is 41.6. The molecule has 0 atom stereocenters. The second-order valence-corrected chi connectivity index (χ2v) is 15.2. The molecule has 15 nitrogen and oxygen atoms in total. The summed E-state index contributed by atoms with van der Waals surface area (Å²) in [7, 11) is -5.76. The molecule has 0 radical (unpaired) electrons. The Balaban J connectivity index is 0.000000321. The number of alkyl halides is 6. The van der Waals surface area contributed by atoms with E-state index in [-0.39, 0.29) is 32.9 Å². The first-order valence-electron chi connectivity index (χ1n) is 14.7. The van der Waals surface area contributed by atoms with Gasteiger partial charge in [-0.05, 0) is 52.0 Å². The number of rotatable bonds is 8. The number of amides is 2. The molecule has 0 spiro atoms. The summed E-state index contributed by atoms with van der Waals surface area (Å²) in [5.41, 5.74) is 1.73. The third kappa shape index (κ3) is 12.6. The van der Waals surface area contributed by atoms with Gasteiger partial charge in [-0.3, -0.25) is 9.36 Å². The van der Waals surface area contributed by atoms with Gasteiger partial charge in [0.2, 0.25) is 0 Å². The molecule has 0 aliphatic rings. The maximum absolute atomic E-state index is 13.3. The molecule has 0 fully saturated rings. The van der Waals surface area contributed by atoms with Crippen LogP contribution in [0.4, 0.5) is 42.5 Å². The second kappa shape index (κ2) is 17.8. The number of sulfonamides is 2. The molecular weight excluding hydrogens is 821 g/mol. The van der Waals surface area contributed by atoms with Crippen LogP contribution in [-0.4, -0.2) is 56.6 Å². The highest BCUT2D eigenvalue weighted by Crippen LogP contribution is 2.42. The van der Waals surface area contributed by atoms with Crippen molar-refractivity contribution >= 4 is 60.7 Å². The maximum Gasteiger partial charge on any atom is 0.418 e. The predicted molar refractivity (Wildman–Crippen MR) is 186 cm³/mol. The van der Waals surface area contributed by atoms with Gasteiger partial charge in [0.15, 0.2) is 10.1 Å². The minimum Gasteiger partial charge on any atom is -0.495 e. The van der Waals surface area contributed by atoms with Crippen molar-refractivity contribution < 1.29 is 57.4 Å². The van der Waals surface area contributed by atoms with Crippen LogP contribution in [-0.2, 0) is 32.4 Å². The lowest BCUT2D eigenvalue weighted by Crippen LogP contribution is -2.35. The van der Waals surface area contributed by atoms with Crippen LogP contribution in [0.15, 0.2) is 58.8 Å². The molecule has 2 heterocycles. The highest BCUT2D eigenvalue weighted by Gasteiger charge is 2.37. The lowest BCUT2D eigenvalue weighted by Gasteiger charge is -2.17. The molecule has 4 aromatic rings. The highest BCUT2D eigenvalue weighted by molar-refractivity contribution is 7.90. The van der Waals surface area contributed by atoms with Gasteiger partial charge in [-0.25, -0.2) is 23.1 Å². The first-order valence-corrected chi connectivity index (χ1v) is 18.5. The molecule has 25 heteroatoms. The number of primary sulfonamides is 1. The number of hydrogen-bond donors (Lipinski definition) is 4. The van der Waals surface area contributed by atoms with Gasteiger partial charge >= 0.3 is 18.4 Å². The molecule has 2 amide bonds. The highest BCUT2D eigenvalue weighted by atomic mass is 35.5. The quantitative estimate of drug-likeness (QED) is 0.108. The van der Waals surface area contributed by atoms with Crippen molar-refractivity contribution in [2.24, 2.45) is 5.14 Å². The topological polar surface area (TPSA) is 216 Å². The monoisotopic (exact) mass is 854 g/mol. The lowest BCUT2D eigenvalue weighted by atomic mass is 10.1. The fourth-order valence-corrected chi connectivity index (χ4v) is 5.63.